The van der Waals surface area contributed by atoms with Crippen molar-refractivity contribution in [2.75, 3.05) is 45.3 Å². The van der Waals surface area contributed by atoms with Gasteiger partial charge in [-0.25, -0.2) is 13.4 Å². The molecule has 0 saturated carbocycles. The van der Waals surface area contributed by atoms with E-state index in [-0.39, 0.29) is 0 Å². The van der Waals surface area contributed by atoms with Crippen LogP contribution in [-0.2, 0) is 10.0 Å². The van der Waals surface area contributed by atoms with Crippen LogP contribution in [0.3, 0.4) is 0 Å². The quantitative estimate of drug-likeness (QED) is 0.387. The summed E-state index contributed by atoms with van der Waals surface area (Å²) in [5, 5.41) is 9.70. The molecule has 5 rings (SSSR count). The van der Waals surface area contributed by atoms with Crippen molar-refractivity contribution >= 4 is 37.4 Å². The minimum atomic E-state index is -3.58. The first-order valence-corrected chi connectivity index (χ1v) is 13.3. The van der Waals surface area contributed by atoms with Crippen LogP contribution in [0.5, 0.6) is 11.5 Å². The fourth-order valence-corrected chi connectivity index (χ4v) is 6.53. The Kier molecular flexibility index (Phi) is 6.30. The summed E-state index contributed by atoms with van der Waals surface area (Å²) in [4.78, 5) is 6.76. The molecule has 4 aromatic rings. The zero-order chi connectivity index (χ0) is 24.6. The van der Waals surface area contributed by atoms with E-state index < -0.39 is 10.0 Å². The van der Waals surface area contributed by atoms with Gasteiger partial charge in [-0.15, -0.1) is 21.5 Å². The average molecular weight is 512 g/mol. The van der Waals surface area contributed by atoms with Crippen LogP contribution in [0.25, 0.3) is 21.5 Å². The molecule has 2 aromatic heterocycles. The Morgan fingerprint density at radius 2 is 1.71 bits per heavy atom. The van der Waals surface area contributed by atoms with Gasteiger partial charge in [-0.2, -0.15) is 4.31 Å². The van der Waals surface area contributed by atoms with Crippen LogP contribution < -0.4 is 14.4 Å². The maximum atomic E-state index is 13.2. The summed E-state index contributed by atoms with van der Waals surface area (Å²) in [6, 6.07) is 14.4. The molecule has 1 fully saturated rings. The van der Waals surface area contributed by atoms with Crippen molar-refractivity contribution in [2.24, 2.45) is 0 Å². The smallest absolute Gasteiger partial charge is 0.243 e. The van der Waals surface area contributed by atoms with E-state index >= 15 is 0 Å². The molecule has 0 spiro atoms. The first kappa shape index (κ1) is 23.5. The number of methoxy groups -OCH3 is 2. The first-order chi connectivity index (χ1) is 16.9. The number of piperazine rings is 1. The van der Waals surface area contributed by atoms with E-state index in [1.54, 1.807) is 32.4 Å². The summed E-state index contributed by atoms with van der Waals surface area (Å²) in [7, 11) is -0.365. The molecule has 1 aliphatic heterocycles. The Morgan fingerprint density at radius 1 is 0.914 bits per heavy atom. The maximum absolute atomic E-state index is 13.2. The molecule has 0 atom stereocenters. The highest BCUT2D eigenvalue weighted by atomic mass is 32.2. The van der Waals surface area contributed by atoms with Crippen molar-refractivity contribution in [2.45, 2.75) is 11.8 Å². The second-order valence-corrected chi connectivity index (χ2v) is 11.3. The molecule has 0 bridgehead atoms. The van der Waals surface area contributed by atoms with E-state index in [2.05, 4.69) is 15.2 Å². The molecule has 0 radical (unpaired) electrons. The van der Waals surface area contributed by atoms with E-state index in [0.29, 0.717) is 54.1 Å². The van der Waals surface area contributed by atoms with Crippen molar-refractivity contribution in [1.82, 2.24) is 19.5 Å². The van der Waals surface area contributed by atoms with E-state index in [4.69, 9.17) is 9.47 Å². The predicted octanol–water partition coefficient (Wildman–Crippen LogP) is 3.59. The van der Waals surface area contributed by atoms with Gasteiger partial charge in [0.15, 0.2) is 5.82 Å². The number of nitrogens with zero attached hydrogens (tertiary/aromatic N) is 5. The van der Waals surface area contributed by atoms with Crippen LogP contribution >= 0.6 is 11.3 Å². The van der Waals surface area contributed by atoms with Gasteiger partial charge in [0.2, 0.25) is 10.0 Å². The number of sulfonamides is 1. The van der Waals surface area contributed by atoms with Gasteiger partial charge in [0.1, 0.15) is 11.5 Å². The average Bonchev–Trinajstić information content (AvgIpc) is 3.27. The second kappa shape index (κ2) is 9.40. The molecule has 0 amide bonds. The van der Waals surface area contributed by atoms with Gasteiger partial charge in [-0.05, 0) is 55.5 Å². The molecule has 3 heterocycles. The SMILES string of the molecule is COc1ccc(OC)c(-c2ccc(N3CCN(S(=O)(=O)c4ccc5nc(C)sc5c4)CC3)nn2)c1. The normalized spacial score (nSPS) is 14.9. The molecule has 35 heavy (non-hydrogen) atoms. The Hall–Kier alpha value is -3.28. The topological polar surface area (TPSA) is 97.8 Å². The number of aryl methyl sites for hydroxylation is 1. The highest BCUT2D eigenvalue weighted by Crippen LogP contribution is 2.33. The number of anilines is 1. The Balaban J connectivity index is 1.29. The number of thiazole rings is 1. The molecule has 1 aliphatic rings. The molecule has 0 aliphatic carbocycles. The van der Waals surface area contributed by atoms with E-state index in [1.807, 2.05) is 42.2 Å². The minimum absolute atomic E-state index is 0.304. The Morgan fingerprint density at radius 3 is 2.40 bits per heavy atom. The lowest BCUT2D eigenvalue weighted by atomic mass is 10.1. The predicted molar refractivity (Wildman–Crippen MR) is 136 cm³/mol. The summed E-state index contributed by atoms with van der Waals surface area (Å²) in [5.74, 6) is 2.08. The number of ether oxygens (including phenoxy) is 2. The molecule has 0 unspecified atom stereocenters. The summed E-state index contributed by atoms with van der Waals surface area (Å²) in [6.45, 7) is 3.71. The first-order valence-electron chi connectivity index (χ1n) is 11.1. The van der Waals surface area contributed by atoms with E-state index in [1.165, 1.54) is 15.6 Å². The third-order valence-corrected chi connectivity index (χ3v) is 8.83. The number of fused-ring (bicyclic) bond motifs is 1. The standard InChI is InChI=1S/C24H25N5O4S2/c1-16-25-21-6-5-18(15-23(21)34-16)35(30,31)29-12-10-28(11-13-29)24-9-7-20(26-27-24)19-14-17(32-2)4-8-22(19)33-3/h4-9,14-15H,10-13H2,1-3H3. The molecule has 0 N–H and O–H groups in total. The van der Waals surface area contributed by atoms with Gasteiger partial charge in [-0.3, -0.25) is 0 Å². The van der Waals surface area contributed by atoms with Gasteiger partial charge in [-0.1, -0.05) is 0 Å². The van der Waals surface area contributed by atoms with Crippen LogP contribution in [-0.4, -0.2) is 68.3 Å². The fraction of sp³-hybridized carbons (Fsp3) is 0.292. The number of rotatable bonds is 6. The van der Waals surface area contributed by atoms with Crippen LogP contribution in [0.1, 0.15) is 5.01 Å². The lowest BCUT2D eigenvalue weighted by Gasteiger charge is -2.34. The monoisotopic (exact) mass is 511 g/mol. The van der Waals surface area contributed by atoms with Crippen molar-refractivity contribution in [1.29, 1.82) is 0 Å². The minimum Gasteiger partial charge on any atom is -0.497 e. The number of aromatic nitrogens is 3. The molecule has 9 nitrogen and oxygen atoms in total. The maximum Gasteiger partial charge on any atom is 0.243 e. The summed E-state index contributed by atoms with van der Waals surface area (Å²) < 4.78 is 39.7. The third-order valence-electron chi connectivity index (χ3n) is 6.00. The van der Waals surface area contributed by atoms with Crippen LogP contribution in [0.15, 0.2) is 53.4 Å². The molecular formula is C24H25N5O4S2. The molecule has 11 heteroatoms. The molecule has 1 saturated heterocycles. The molecular weight excluding hydrogens is 486 g/mol. The summed E-state index contributed by atoms with van der Waals surface area (Å²) in [6.07, 6.45) is 0. The van der Waals surface area contributed by atoms with Crippen molar-refractivity contribution in [3.05, 3.63) is 53.5 Å². The zero-order valence-electron chi connectivity index (χ0n) is 19.6. The van der Waals surface area contributed by atoms with Gasteiger partial charge in [0.05, 0.1) is 40.0 Å². The van der Waals surface area contributed by atoms with Gasteiger partial charge >= 0.3 is 0 Å². The highest BCUT2D eigenvalue weighted by molar-refractivity contribution is 7.89. The molecule has 182 valence electrons. The van der Waals surface area contributed by atoms with Crippen LogP contribution in [0.2, 0.25) is 0 Å². The van der Waals surface area contributed by atoms with Crippen LogP contribution in [0, 0.1) is 6.92 Å². The Bertz CT molecular complexity index is 1460. The second-order valence-electron chi connectivity index (χ2n) is 8.10. The highest BCUT2D eigenvalue weighted by Gasteiger charge is 2.29. The number of benzene rings is 2. The third kappa shape index (κ3) is 4.54. The number of hydrogen-bond acceptors (Lipinski definition) is 9. The van der Waals surface area contributed by atoms with Crippen molar-refractivity contribution in [3.63, 3.8) is 0 Å². The summed E-state index contributed by atoms with van der Waals surface area (Å²) in [5.41, 5.74) is 2.28. The van der Waals surface area contributed by atoms with Crippen molar-refractivity contribution < 1.29 is 17.9 Å². The van der Waals surface area contributed by atoms with Gasteiger partial charge in [0.25, 0.3) is 0 Å². The van der Waals surface area contributed by atoms with E-state index in [0.717, 1.165) is 20.8 Å². The molecule has 2 aromatic carbocycles. The Labute approximate surface area is 208 Å². The lowest BCUT2D eigenvalue weighted by molar-refractivity contribution is 0.383. The van der Waals surface area contributed by atoms with Crippen LogP contribution in [0.4, 0.5) is 5.82 Å². The number of hydrogen-bond donors (Lipinski definition) is 0. The lowest BCUT2D eigenvalue weighted by Crippen LogP contribution is -2.48. The van der Waals surface area contributed by atoms with Gasteiger partial charge < -0.3 is 14.4 Å². The fourth-order valence-electron chi connectivity index (χ4n) is 4.14. The largest absolute Gasteiger partial charge is 0.497 e. The summed E-state index contributed by atoms with van der Waals surface area (Å²) >= 11 is 1.50. The van der Waals surface area contributed by atoms with Crippen molar-refractivity contribution in [3.8, 4) is 22.8 Å². The van der Waals surface area contributed by atoms with E-state index in [9.17, 15) is 8.42 Å². The zero-order valence-corrected chi connectivity index (χ0v) is 21.3. The van der Waals surface area contributed by atoms with Gasteiger partial charge in [0, 0.05) is 31.7 Å².